The molecule has 0 radical (unpaired) electrons. The van der Waals surface area contributed by atoms with E-state index >= 15 is 0 Å². The number of hydrogen-bond acceptors (Lipinski definition) is 2. The maximum atomic E-state index is 5.07. The molecule has 0 amide bonds. The van der Waals surface area contributed by atoms with Crippen molar-refractivity contribution in [1.29, 1.82) is 0 Å². The minimum Gasteiger partial charge on any atom is -0.356 e. The number of allylic oxidation sites excluding steroid dienone is 6. The van der Waals surface area contributed by atoms with Crippen molar-refractivity contribution >= 4 is 33.1 Å². The Balaban J connectivity index is 1.32. The predicted octanol–water partition coefficient (Wildman–Crippen LogP) is 12.0. The summed E-state index contributed by atoms with van der Waals surface area (Å²) in [5.41, 5.74) is 12.5. The Morgan fingerprint density at radius 2 is 1.24 bits per heavy atom. The Morgan fingerprint density at radius 3 is 1.82 bits per heavy atom. The molecule has 3 nitrogen and oxygen atoms in total. The summed E-state index contributed by atoms with van der Waals surface area (Å²) in [6.07, 6.45) is 10.8. The molecule has 0 saturated heterocycles. The highest BCUT2D eigenvalue weighted by atomic mass is 15.0. The lowest BCUT2D eigenvalue weighted by Gasteiger charge is -2.16. The molecule has 0 aliphatic rings. The topological polar surface area (TPSA) is 29.9 Å². The van der Waals surface area contributed by atoms with Crippen molar-refractivity contribution in [3.05, 3.63) is 206 Å². The van der Waals surface area contributed by atoms with Crippen LogP contribution < -0.4 is 5.32 Å². The van der Waals surface area contributed by atoms with E-state index < -0.39 is 0 Å². The van der Waals surface area contributed by atoms with Gasteiger partial charge in [0.2, 0.25) is 0 Å². The predicted molar refractivity (Wildman–Crippen MR) is 210 cm³/mol. The smallest absolute Gasteiger partial charge is 0.0715 e. The fraction of sp³-hybridized carbons (Fsp3) is 0.0217. The first-order valence-corrected chi connectivity index (χ1v) is 16.5. The average Bonchev–Trinajstić information content (AvgIpc) is 3.49. The van der Waals surface area contributed by atoms with E-state index in [2.05, 4.69) is 151 Å². The first-order chi connectivity index (χ1) is 24.1. The Hall–Kier alpha value is -6.45. The third-order valence-electron chi connectivity index (χ3n) is 8.68. The van der Waals surface area contributed by atoms with Crippen LogP contribution in [-0.4, -0.2) is 9.55 Å². The molecular formula is C46H37N3. The van der Waals surface area contributed by atoms with Crippen molar-refractivity contribution in [2.45, 2.75) is 6.42 Å². The van der Waals surface area contributed by atoms with E-state index in [4.69, 9.17) is 4.98 Å². The molecule has 0 atom stereocenters. The highest BCUT2D eigenvalue weighted by Crippen LogP contribution is 2.35. The molecule has 3 heteroatoms. The lowest BCUT2D eigenvalue weighted by atomic mass is 9.98. The summed E-state index contributed by atoms with van der Waals surface area (Å²) >= 11 is 0. The molecule has 5 aromatic carbocycles. The van der Waals surface area contributed by atoms with Gasteiger partial charge in [-0.3, -0.25) is 0 Å². The van der Waals surface area contributed by atoms with E-state index in [-0.39, 0.29) is 0 Å². The molecule has 236 valence electrons. The molecule has 0 saturated carbocycles. The fourth-order valence-electron chi connectivity index (χ4n) is 6.36. The van der Waals surface area contributed by atoms with Gasteiger partial charge in [0.1, 0.15) is 0 Å². The molecular weight excluding hydrogens is 595 g/mol. The molecule has 0 bridgehead atoms. The van der Waals surface area contributed by atoms with E-state index in [1.807, 2.05) is 42.5 Å². The molecule has 0 aliphatic carbocycles. The van der Waals surface area contributed by atoms with E-state index in [0.717, 1.165) is 50.7 Å². The van der Waals surface area contributed by atoms with Gasteiger partial charge in [0.15, 0.2) is 0 Å². The lowest BCUT2D eigenvalue weighted by Crippen LogP contribution is -2.02. The zero-order valence-electron chi connectivity index (χ0n) is 27.4. The number of nitrogens with zero attached hydrogens (tertiary/aromatic N) is 2. The van der Waals surface area contributed by atoms with Crippen LogP contribution >= 0.6 is 0 Å². The van der Waals surface area contributed by atoms with Gasteiger partial charge in [-0.25, -0.2) is 4.98 Å². The van der Waals surface area contributed by atoms with Crippen LogP contribution in [0.2, 0.25) is 0 Å². The Labute approximate surface area is 288 Å². The van der Waals surface area contributed by atoms with Gasteiger partial charge in [0.05, 0.1) is 22.4 Å². The molecule has 2 heterocycles. The minimum atomic E-state index is 0.697. The number of para-hydroxylation sites is 2. The van der Waals surface area contributed by atoms with Crippen molar-refractivity contribution in [1.82, 2.24) is 9.55 Å². The van der Waals surface area contributed by atoms with Gasteiger partial charge in [0, 0.05) is 39.0 Å². The van der Waals surface area contributed by atoms with Gasteiger partial charge in [-0.2, -0.15) is 0 Å². The Morgan fingerprint density at radius 1 is 0.673 bits per heavy atom. The molecule has 0 unspecified atom stereocenters. The number of benzene rings is 5. The number of fused-ring (bicyclic) bond motifs is 3. The van der Waals surface area contributed by atoms with E-state index in [1.54, 1.807) is 6.08 Å². The summed E-state index contributed by atoms with van der Waals surface area (Å²) in [4.78, 5) is 5.07. The summed E-state index contributed by atoms with van der Waals surface area (Å²) in [6.45, 7) is 12.0. The third kappa shape index (κ3) is 6.56. The SMILES string of the molecule is C=C/C=C(\C=C/Cc1cc(NC(=C)C=C)ccc1-n1c2ccccc2c2ccccc21)c1cc(-c2ccccc2)nc(-c2ccccc2)c1. The molecule has 2 aromatic heterocycles. The maximum absolute atomic E-state index is 5.07. The molecule has 49 heavy (non-hydrogen) atoms. The van der Waals surface area contributed by atoms with Crippen molar-refractivity contribution in [3.63, 3.8) is 0 Å². The lowest BCUT2D eigenvalue weighted by molar-refractivity contribution is 1.11. The van der Waals surface area contributed by atoms with E-state index in [9.17, 15) is 0 Å². The van der Waals surface area contributed by atoms with Gasteiger partial charge in [-0.05, 0) is 71.7 Å². The third-order valence-corrected chi connectivity index (χ3v) is 8.68. The largest absolute Gasteiger partial charge is 0.356 e. The quantitative estimate of drug-likeness (QED) is 0.144. The van der Waals surface area contributed by atoms with Gasteiger partial charge in [-0.15, -0.1) is 0 Å². The van der Waals surface area contributed by atoms with E-state index in [1.165, 1.54) is 27.4 Å². The second kappa shape index (κ2) is 14.1. The number of hydrogen-bond donors (Lipinski definition) is 1. The summed E-state index contributed by atoms with van der Waals surface area (Å²) in [6, 6.07) is 48.7. The zero-order valence-corrected chi connectivity index (χ0v) is 27.4. The van der Waals surface area contributed by atoms with Crippen LogP contribution in [0.5, 0.6) is 0 Å². The average molecular weight is 632 g/mol. The molecule has 1 N–H and O–H groups in total. The van der Waals surface area contributed by atoms with Crippen LogP contribution in [0, 0.1) is 0 Å². The van der Waals surface area contributed by atoms with Crippen molar-refractivity contribution < 1.29 is 0 Å². The number of aromatic nitrogens is 2. The molecule has 0 fully saturated rings. The van der Waals surface area contributed by atoms with Crippen LogP contribution in [0.1, 0.15) is 11.1 Å². The van der Waals surface area contributed by atoms with Crippen molar-refractivity contribution in [2.75, 3.05) is 5.32 Å². The highest BCUT2D eigenvalue weighted by Gasteiger charge is 2.15. The summed E-state index contributed by atoms with van der Waals surface area (Å²) < 4.78 is 2.38. The second-order valence-electron chi connectivity index (χ2n) is 11.9. The fourth-order valence-corrected chi connectivity index (χ4v) is 6.36. The van der Waals surface area contributed by atoms with Crippen LogP contribution in [0.3, 0.4) is 0 Å². The number of pyridine rings is 1. The Bertz CT molecular complexity index is 2260. The van der Waals surface area contributed by atoms with Gasteiger partial charge in [0.25, 0.3) is 0 Å². The zero-order chi connectivity index (χ0) is 33.6. The van der Waals surface area contributed by atoms with Crippen molar-refractivity contribution in [3.8, 4) is 28.2 Å². The molecule has 7 rings (SSSR count). The van der Waals surface area contributed by atoms with Crippen LogP contribution in [0.15, 0.2) is 195 Å². The van der Waals surface area contributed by atoms with Gasteiger partial charge in [-0.1, -0.05) is 141 Å². The molecule has 7 aromatic rings. The summed E-state index contributed by atoms with van der Waals surface area (Å²) in [5.74, 6) is 0. The monoisotopic (exact) mass is 631 g/mol. The highest BCUT2D eigenvalue weighted by molar-refractivity contribution is 6.09. The van der Waals surface area contributed by atoms with Gasteiger partial charge >= 0.3 is 0 Å². The maximum Gasteiger partial charge on any atom is 0.0715 e. The van der Waals surface area contributed by atoms with Crippen LogP contribution in [0.4, 0.5) is 5.69 Å². The minimum absolute atomic E-state index is 0.697. The summed E-state index contributed by atoms with van der Waals surface area (Å²) in [7, 11) is 0. The van der Waals surface area contributed by atoms with Crippen LogP contribution in [0.25, 0.3) is 55.6 Å². The normalized spacial score (nSPS) is 11.6. The first kappa shape index (κ1) is 31.2. The number of anilines is 1. The van der Waals surface area contributed by atoms with Crippen LogP contribution in [-0.2, 0) is 6.42 Å². The standard InChI is InChI=1S/C46H37N3/c1-4-17-34(38-31-42(35-18-8-6-9-19-35)48-43(32-38)36-20-10-7-11-21-36)22-16-23-37-30-39(47-33(3)5-2)28-29-44(37)49-45-26-14-12-24-40(45)41-25-13-15-27-46(41)49/h4-22,24-32,47H,1-3,23H2/b22-16-,34-17+. The van der Waals surface area contributed by atoms with E-state index in [0.29, 0.717) is 6.42 Å². The second-order valence-corrected chi connectivity index (χ2v) is 11.9. The molecule has 0 spiro atoms. The number of rotatable bonds is 11. The first-order valence-electron chi connectivity index (χ1n) is 16.5. The summed E-state index contributed by atoms with van der Waals surface area (Å²) in [5, 5.41) is 5.86. The van der Waals surface area contributed by atoms with Crippen molar-refractivity contribution in [2.24, 2.45) is 0 Å². The number of nitrogens with one attached hydrogen (secondary N) is 1. The van der Waals surface area contributed by atoms with Gasteiger partial charge < -0.3 is 9.88 Å². The Kier molecular flexibility index (Phi) is 8.98. The molecule has 0 aliphatic heterocycles.